The smallest absolute Gasteiger partial charge is 0.335 e. The van der Waals surface area contributed by atoms with Crippen LogP contribution in [-0.2, 0) is 20.7 Å². The van der Waals surface area contributed by atoms with Gasteiger partial charge in [0.2, 0.25) is 0 Å². The molecule has 0 N–H and O–H groups in total. The van der Waals surface area contributed by atoms with Crippen LogP contribution < -0.4 is 4.74 Å². The van der Waals surface area contributed by atoms with Crippen molar-refractivity contribution in [1.82, 2.24) is 9.97 Å². The Hall–Kier alpha value is -3.51. The van der Waals surface area contributed by atoms with Gasteiger partial charge in [-0.1, -0.05) is 18.2 Å². The van der Waals surface area contributed by atoms with E-state index in [-0.39, 0.29) is 5.97 Å². The lowest BCUT2D eigenvalue weighted by Gasteiger charge is -2.14. The third-order valence-corrected chi connectivity index (χ3v) is 5.18. The van der Waals surface area contributed by atoms with E-state index in [2.05, 4.69) is 16.0 Å². The molecule has 1 aromatic carbocycles. The molecular weight excluding hydrogens is 392 g/mol. The lowest BCUT2D eigenvalue weighted by Crippen LogP contribution is -2.27. The van der Waals surface area contributed by atoms with Crippen LogP contribution in [0.3, 0.4) is 0 Å². The van der Waals surface area contributed by atoms with Crippen molar-refractivity contribution in [2.45, 2.75) is 19.4 Å². The third kappa shape index (κ3) is 4.49. The third-order valence-electron chi connectivity index (χ3n) is 5.18. The molecule has 6 heteroatoms. The predicted octanol–water partition coefficient (Wildman–Crippen LogP) is 4.09. The Morgan fingerprint density at radius 3 is 2.68 bits per heavy atom. The molecule has 1 unspecified atom stereocenters. The standard InChI is InChI=1S/C25H24N2O4/c1-3-30-25(28)23(29-2)15-17-6-8-18(9-7-17)31-14-11-21-22-16-26-13-10-19(22)20-5-4-12-27-24(20)21/h4-13,16,23H,3,14-15H2,1-2H3/b21-11+. The minimum Gasteiger partial charge on any atom is -0.490 e. The zero-order valence-electron chi connectivity index (χ0n) is 17.6. The second-order valence-electron chi connectivity index (χ2n) is 7.07. The summed E-state index contributed by atoms with van der Waals surface area (Å²) in [6.07, 6.45) is 7.34. The Morgan fingerprint density at radius 1 is 1.06 bits per heavy atom. The Balaban J connectivity index is 1.42. The van der Waals surface area contributed by atoms with Crippen molar-refractivity contribution in [3.63, 3.8) is 0 Å². The fourth-order valence-electron chi connectivity index (χ4n) is 3.67. The number of carbonyl (C=O) groups is 1. The summed E-state index contributed by atoms with van der Waals surface area (Å²) in [6, 6.07) is 13.7. The van der Waals surface area contributed by atoms with Gasteiger partial charge in [-0.15, -0.1) is 0 Å². The lowest BCUT2D eigenvalue weighted by molar-refractivity contribution is -0.154. The number of esters is 1. The summed E-state index contributed by atoms with van der Waals surface area (Å²) in [5, 5.41) is 0. The van der Waals surface area contributed by atoms with Crippen molar-refractivity contribution in [1.29, 1.82) is 0 Å². The monoisotopic (exact) mass is 416 g/mol. The molecule has 0 bridgehead atoms. The molecule has 0 amide bonds. The predicted molar refractivity (Wildman–Crippen MR) is 118 cm³/mol. The molecule has 0 aliphatic heterocycles. The first-order valence-corrected chi connectivity index (χ1v) is 10.2. The van der Waals surface area contributed by atoms with Crippen molar-refractivity contribution in [3.05, 3.63) is 84.0 Å². The fourth-order valence-corrected chi connectivity index (χ4v) is 3.67. The zero-order chi connectivity index (χ0) is 21.6. The minimum atomic E-state index is -0.611. The molecule has 2 heterocycles. The van der Waals surface area contributed by atoms with E-state index in [4.69, 9.17) is 14.2 Å². The van der Waals surface area contributed by atoms with Gasteiger partial charge in [0.05, 0.1) is 12.3 Å². The number of pyridine rings is 2. The van der Waals surface area contributed by atoms with Crippen LogP contribution in [0.5, 0.6) is 5.75 Å². The summed E-state index contributed by atoms with van der Waals surface area (Å²) < 4.78 is 16.2. The number of hydrogen-bond donors (Lipinski definition) is 0. The van der Waals surface area contributed by atoms with Crippen LogP contribution in [0.1, 0.15) is 23.7 Å². The van der Waals surface area contributed by atoms with E-state index in [1.807, 2.05) is 48.7 Å². The van der Waals surface area contributed by atoms with Crippen LogP contribution in [0.15, 0.2) is 67.1 Å². The van der Waals surface area contributed by atoms with Crippen LogP contribution in [0.4, 0.5) is 0 Å². The molecule has 6 nitrogen and oxygen atoms in total. The molecule has 0 saturated carbocycles. The fraction of sp³-hybridized carbons (Fsp3) is 0.240. The van der Waals surface area contributed by atoms with Gasteiger partial charge in [0.1, 0.15) is 12.4 Å². The summed E-state index contributed by atoms with van der Waals surface area (Å²) in [7, 11) is 1.51. The highest BCUT2D eigenvalue weighted by atomic mass is 16.6. The quantitative estimate of drug-likeness (QED) is 0.403. The summed E-state index contributed by atoms with van der Waals surface area (Å²) >= 11 is 0. The molecule has 0 saturated heterocycles. The van der Waals surface area contributed by atoms with Gasteiger partial charge in [-0.3, -0.25) is 9.97 Å². The zero-order valence-corrected chi connectivity index (χ0v) is 17.6. The van der Waals surface area contributed by atoms with E-state index in [0.29, 0.717) is 19.6 Å². The van der Waals surface area contributed by atoms with Gasteiger partial charge in [-0.25, -0.2) is 4.79 Å². The number of methoxy groups -OCH3 is 1. The molecule has 4 rings (SSSR count). The van der Waals surface area contributed by atoms with Gasteiger partial charge in [-0.05, 0) is 48.4 Å². The summed E-state index contributed by atoms with van der Waals surface area (Å²) in [5.74, 6) is 0.397. The van der Waals surface area contributed by atoms with E-state index in [1.165, 1.54) is 7.11 Å². The highest BCUT2D eigenvalue weighted by molar-refractivity contribution is 5.99. The normalized spacial score (nSPS) is 14.1. The highest BCUT2D eigenvalue weighted by Gasteiger charge is 2.24. The number of ether oxygens (including phenoxy) is 3. The maximum Gasteiger partial charge on any atom is 0.335 e. The highest BCUT2D eigenvalue weighted by Crippen LogP contribution is 2.42. The number of rotatable bonds is 8. The number of benzene rings is 1. The first-order valence-electron chi connectivity index (χ1n) is 10.2. The molecule has 1 aliphatic rings. The van der Waals surface area contributed by atoms with Crippen molar-refractivity contribution >= 4 is 11.5 Å². The van der Waals surface area contributed by atoms with Crippen LogP contribution in [0.25, 0.3) is 16.7 Å². The molecule has 0 fully saturated rings. The molecular formula is C25H24N2O4. The Bertz CT molecular complexity index is 1050. The molecule has 31 heavy (non-hydrogen) atoms. The average Bonchev–Trinajstić information content (AvgIpc) is 3.12. The van der Waals surface area contributed by atoms with Crippen molar-refractivity contribution < 1.29 is 19.0 Å². The van der Waals surface area contributed by atoms with Gasteiger partial charge >= 0.3 is 5.97 Å². The molecule has 158 valence electrons. The Morgan fingerprint density at radius 2 is 1.90 bits per heavy atom. The van der Waals surface area contributed by atoms with Crippen LogP contribution >= 0.6 is 0 Å². The van der Waals surface area contributed by atoms with E-state index in [1.54, 1.807) is 19.3 Å². The second-order valence-corrected chi connectivity index (χ2v) is 7.07. The second kappa shape index (κ2) is 9.53. The summed E-state index contributed by atoms with van der Waals surface area (Å²) in [6.45, 7) is 2.52. The van der Waals surface area contributed by atoms with Crippen molar-refractivity contribution in [2.75, 3.05) is 20.3 Å². The van der Waals surface area contributed by atoms with Crippen LogP contribution in [-0.4, -0.2) is 42.4 Å². The molecule has 2 aromatic heterocycles. The van der Waals surface area contributed by atoms with Gasteiger partial charge in [-0.2, -0.15) is 0 Å². The lowest BCUT2D eigenvalue weighted by atomic mass is 10.1. The number of hydrogen-bond acceptors (Lipinski definition) is 6. The number of fused-ring (bicyclic) bond motifs is 3. The Kier molecular flexibility index (Phi) is 6.38. The van der Waals surface area contributed by atoms with E-state index >= 15 is 0 Å². The number of aromatic nitrogens is 2. The van der Waals surface area contributed by atoms with Crippen molar-refractivity contribution in [2.24, 2.45) is 0 Å². The van der Waals surface area contributed by atoms with E-state index in [9.17, 15) is 4.79 Å². The van der Waals surface area contributed by atoms with Gasteiger partial charge in [0.25, 0.3) is 0 Å². The average molecular weight is 416 g/mol. The summed E-state index contributed by atoms with van der Waals surface area (Å²) in [4.78, 5) is 20.7. The van der Waals surface area contributed by atoms with Gasteiger partial charge in [0.15, 0.2) is 6.10 Å². The van der Waals surface area contributed by atoms with Gasteiger partial charge in [0, 0.05) is 48.8 Å². The van der Waals surface area contributed by atoms with Gasteiger partial charge < -0.3 is 14.2 Å². The first-order chi connectivity index (χ1) is 15.2. The van der Waals surface area contributed by atoms with Crippen molar-refractivity contribution in [3.8, 4) is 16.9 Å². The number of nitrogens with zero attached hydrogens (tertiary/aromatic N) is 2. The Labute approximate surface area is 181 Å². The minimum absolute atomic E-state index is 0.335. The molecule has 0 spiro atoms. The number of carbonyl (C=O) groups excluding carboxylic acids is 1. The SMILES string of the molecule is CCOC(=O)C(Cc1ccc(OC/C=C2\c3cnccc3-c3cccnc32)cc1)OC. The maximum atomic E-state index is 11.9. The molecule has 1 atom stereocenters. The summed E-state index contributed by atoms with van der Waals surface area (Å²) in [5.41, 5.74) is 6.29. The maximum absolute atomic E-state index is 11.9. The largest absolute Gasteiger partial charge is 0.490 e. The first kappa shape index (κ1) is 20.8. The topological polar surface area (TPSA) is 70.5 Å². The van der Waals surface area contributed by atoms with Crippen LogP contribution in [0.2, 0.25) is 0 Å². The van der Waals surface area contributed by atoms with Crippen LogP contribution in [0, 0.1) is 0 Å². The molecule has 1 aliphatic carbocycles. The molecule has 3 aromatic rings. The van der Waals surface area contributed by atoms with E-state index < -0.39 is 6.10 Å². The molecule has 0 radical (unpaired) electrons. The van der Waals surface area contributed by atoms with E-state index in [0.717, 1.165) is 39.3 Å².